The molecule has 3 unspecified atom stereocenters. The van der Waals surface area contributed by atoms with Crippen LogP contribution in [0, 0.1) is 5.92 Å². The van der Waals surface area contributed by atoms with Crippen LogP contribution >= 0.6 is 0 Å². The van der Waals surface area contributed by atoms with E-state index in [-0.39, 0.29) is 0 Å². The van der Waals surface area contributed by atoms with Gasteiger partial charge in [-0.15, -0.1) is 0 Å². The van der Waals surface area contributed by atoms with Crippen molar-refractivity contribution in [2.24, 2.45) is 11.7 Å². The Morgan fingerprint density at radius 1 is 1.47 bits per heavy atom. The molecule has 0 aliphatic heterocycles. The average Bonchev–Trinajstić information content (AvgIpc) is 2.46. The smallest absolute Gasteiger partial charge is 0.0746 e. The number of hydrogen-bond acceptors (Lipinski definition) is 3. The second-order valence-corrected chi connectivity index (χ2v) is 5.75. The molecule has 1 aliphatic rings. The fourth-order valence-corrected chi connectivity index (χ4v) is 2.52. The molecule has 0 heterocycles. The van der Waals surface area contributed by atoms with Crippen LogP contribution in [-0.2, 0) is 0 Å². The molecule has 0 radical (unpaired) electrons. The molecule has 3 heteroatoms. The SMILES string of the molecule is CC(C)CC(C)(O)CNC1CCC(N)C1. The molecule has 4 N–H and O–H groups in total. The van der Waals surface area contributed by atoms with E-state index in [1.54, 1.807) is 0 Å². The molecule has 0 aromatic rings. The Kier molecular flexibility index (Phi) is 4.56. The lowest BCUT2D eigenvalue weighted by molar-refractivity contribution is 0.0360. The van der Waals surface area contributed by atoms with Crippen molar-refractivity contribution in [3.8, 4) is 0 Å². The number of hydrogen-bond donors (Lipinski definition) is 3. The van der Waals surface area contributed by atoms with Crippen molar-refractivity contribution in [3.63, 3.8) is 0 Å². The molecule has 0 spiro atoms. The highest BCUT2D eigenvalue weighted by Gasteiger charge is 2.26. The lowest BCUT2D eigenvalue weighted by atomic mass is 9.94. The van der Waals surface area contributed by atoms with Crippen LogP contribution in [0.3, 0.4) is 0 Å². The number of aliphatic hydroxyl groups is 1. The highest BCUT2D eigenvalue weighted by atomic mass is 16.3. The van der Waals surface area contributed by atoms with Crippen molar-refractivity contribution in [2.75, 3.05) is 6.54 Å². The monoisotopic (exact) mass is 214 g/mol. The fraction of sp³-hybridized carbons (Fsp3) is 1.00. The van der Waals surface area contributed by atoms with Gasteiger partial charge in [0, 0.05) is 18.6 Å². The Morgan fingerprint density at radius 3 is 2.60 bits per heavy atom. The summed E-state index contributed by atoms with van der Waals surface area (Å²) in [5, 5.41) is 13.5. The molecular formula is C12H26N2O. The number of rotatable bonds is 5. The Balaban J connectivity index is 2.23. The minimum atomic E-state index is -0.582. The van der Waals surface area contributed by atoms with Gasteiger partial charge in [-0.05, 0) is 38.5 Å². The minimum absolute atomic E-state index is 0.359. The summed E-state index contributed by atoms with van der Waals surface area (Å²) < 4.78 is 0. The largest absolute Gasteiger partial charge is 0.389 e. The zero-order valence-corrected chi connectivity index (χ0v) is 10.3. The van der Waals surface area contributed by atoms with Crippen molar-refractivity contribution >= 4 is 0 Å². The predicted octanol–water partition coefficient (Wildman–Crippen LogP) is 1.25. The molecule has 0 amide bonds. The molecule has 0 aromatic heterocycles. The second-order valence-electron chi connectivity index (χ2n) is 5.75. The first-order valence-electron chi connectivity index (χ1n) is 6.10. The standard InChI is InChI=1S/C12H26N2O/c1-9(2)7-12(3,15)8-14-11-5-4-10(13)6-11/h9-11,14-15H,4-8,13H2,1-3H3. The molecule has 90 valence electrons. The second kappa shape index (κ2) is 5.28. The van der Waals surface area contributed by atoms with Gasteiger partial charge in [0.1, 0.15) is 0 Å². The third-order valence-corrected chi connectivity index (χ3v) is 3.09. The molecule has 15 heavy (non-hydrogen) atoms. The summed E-state index contributed by atoms with van der Waals surface area (Å²) in [4.78, 5) is 0. The van der Waals surface area contributed by atoms with E-state index in [1.165, 1.54) is 0 Å². The van der Waals surface area contributed by atoms with Gasteiger partial charge < -0.3 is 16.2 Å². The molecule has 3 atom stereocenters. The summed E-state index contributed by atoms with van der Waals surface area (Å²) in [5.74, 6) is 0.535. The van der Waals surface area contributed by atoms with Crippen LogP contribution in [0.25, 0.3) is 0 Å². The van der Waals surface area contributed by atoms with Crippen molar-refractivity contribution in [3.05, 3.63) is 0 Å². The quantitative estimate of drug-likeness (QED) is 0.645. The normalized spacial score (nSPS) is 30.8. The maximum absolute atomic E-state index is 10.1. The third-order valence-electron chi connectivity index (χ3n) is 3.09. The van der Waals surface area contributed by atoms with Crippen LogP contribution in [0.5, 0.6) is 0 Å². The van der Waals surface area contributed by atoms with Gasteiger partial charge in [-0.2, -0.15) is 0 Å². The molecule has 1 fully saturated rings. The third kappa shape index (κ3) is 4.96. The van der Waals surface area contributed by atoms with E-state index in [0.29, 0.717) is 24.5 Å². The van der Waals surface area contributed by atoms with Crippen LogP contribution in [0.1, 0.15) is 46.5 Å². The van der Waals surface area contributed by atoms with E-state index >= 15 is 0 Å². The molecule has 1 aliphatic carbocycles. The van der Waals surface area contributed by atoms with E-state index in [2.05, 4.69) is 19.2 Å². The topological polar surface area (TPSA) is 58.3 Å². The van der Waals surface area contributed by atoms with Crippen molar-refractivity contribution < 1.29 is 5.11 Å². The van der Waals surface area contributed by atoms with Gasteiger partial charge >= 0.3 is 0 Å². The summed E-state index contributed by atoms with van der Waals surface area (Å²) in [7, 11) is 0. The zero-order valence-electron chi connectivity index (χ0n) is 10.3. The predicted molar refractivity (Wildman–Crippen MR) is 63.7 cm³/mol. The van der Waals surface area contributed by atoms with Gasteiger partial charge in [-0.1, -0.05) is 13.8 Å². The Labute approximate surface area is 93.4 Å². The summed E-state index contributed by atoms with van der Waals surface area (Å²) in [6, 6.07) is 0.871. The van der Waals surface area contributed by atoms with E-state index in [9.17, 15) is 5.11 Å². The summed E-state index contributed by atoms with van der Waals surface area (Å²) >= 11 is 0. The van der Waals surface area contributed by atoms with E-state index in [1.807, 2.05) is 6.92 Å². The summed E-state index contributed by atoms with van der Waals surface area (Å²) in [6.45, 7) is 6.87. The molecular weight excluding hydrogens is 188 g/mol. The van der Waals surface area contributed by atoms with E-state index in [0.717, 1.165) is 25.7 Å². The van der Waals surface area contributed by atoms with Crippen LogP contribution in [0.15, 0.2) is 0 Å². The molecule has 1 rings (SSSR count). The summed E-state index contributed by atoms with van der Waals surface area (Å²) in [6.07, 6.45) is 4.17. The van der Waals surface area contributed by atoms with E-state index < -0.39 is 5.60 Å². The highest BCUT2D eigenvalue weighted by Crippen LogP contribution is 2.19. The van der Waals surface area contributed by atoms with Gasteiger partial charge in [0.25, 0.3) is 0 Å². The maximum atomic E-state index is 10.1. The molecule has 3 nitrogen and oxygen atoms in total. The van der Waals surface area contributed by atoms with Crippen molar-refractivity contribution in [1.82, 2.24) is 5.32 Å². The van der Waals surface area contributed by atoms with Gasteiger partial charge in [0.2, 0.25) is 0 Å². The first-order valence-corrected chi connectivity index (χ1v) is 6.10. The van der Waals surface area contributed by atoms with Gasteiger partial charge in [0.05, 0.1) is 5.60 Å². The molecule has 0 aromatic carbocycles. The first-order chi connectivity index (χ1) is 6.89. The van der Waals surface area contributed by atoms with Gasteiger partial charge in [0.15, 0.2) is 0 Å². The number of nitrogens with two attached hydrogens (primary N) is 1. The van der Waals surface area contributed by atoms with Crippen LogP contribution in [0.2, 0.25) is 0 Å². The van der Waals surface area contributed by atoms with Gasteiger partial charge in [-0.3, -0.25) is 0 Å². The molecule has 0 saturated heterocycles. The minimum Gasteiger partial charge on any atom is -0.389 e. The first kappa shape index (κ1) is 12.9. The molecule has 1 saturated carbocycles. The Hall–Kier alpha value is -0.120. The summed E-state index contributed by atoms with van der Waals surface area (Å²) in [5.41, 5.74) is 5.26. The average molecular weight is 214 g/mol. The van der Waals surface area contributed by atoms with Crippen molar-refractivity contribution in [2.45, 2.75) is 64.1 Å². The Bertz CT molecular complexity index is 192. The van der Waals surface area contributed by atoms with Crippen LogP contribution in [-0.4, -0.2) is 29.3 Å². The highest BCUT2D eigenvalue weighted by molar-refractivity contribution is 4.86. The van der Waals surface area contributed by atoms with Gasteiger partial charge in [-0.25, -0.2) is 0 Å². The van der Waals surface area contributed by atoms with Crippen LogP contribution in [0.4, 0.5) is 0 Å². The van der Waals surface area contributed by atoms with E-state index in [4.69, 9.17) is 5.73 Å². The zero-order chi connectivity index (χ0) is 11.5. The van der Waals surface area contributed by atoms with Crippen LogP contribution < -0.4 is 11.1 Å². The van der Waals surface area contributed by atoms with Crippen molar-refractivity contribution in [1.29, 1.82) is 0 Å². The lowest BCUT2D eigenvalue weighted by Gasteiger charge is -2.27. The fourth-order valence-electron chi connectivity index (χ4n) is 2.52. The molecule has 0 bridgehead atoms. The number of nitrogens with one attached hydrogen (secondary N) is 1. The Morgan fingerprint density at radius 2 is 2.13 bits per heavy atom. The maximum Gasteiger partial charge on any atom is 0.0746 e. The lowest BCUT2D eigenvalue weighted by Crippen LogP contribution is -2.42.